The van der Waals surface area contributed by atoms with Crippen molar-refractivity contribution in [3.05, 3.63) is 27.2 Å². The van der Waals surface area contributed by atoms with E-state index >= 15 is 0 Å². The minimum absolute atomic E-state index is 0.241. The zero-order chi connectivity index (χ0) is 12.4. The third kappa shape index (κ3) is 2.17. The largest absolute Gasteiger partial charge is 0.506 e. The molecule has 1 aromatic carbocycles. The van der Waals surface area contributed by atoms with E-state index in [0.717, 1.165) is 41.7 Å². The van der Waals surface area contributed by atoms with E-state index in [1.54, 1.807) is 7.11 Å². The molecule has 4 nitrogen and oxygen atoms in total. The van der Waals surface area contributed by atoms with Crippen LogP contribution in [0.15, 0.2) is 15.7 Å². The summed E-state index contributed by atoms with van der Waals surface area (Å²) in [4.78, 5) is 4.86. The van der Waals surface area contributed by atoms with Crippen LogP contribution in [-0.4, -0.2) is 17.9 Å². The molecule has 0 radical (unpaired) electrons. The van der Waals surface area contributed by atoms with Crippen molar-refractivity contribution in [2.24, 2.45) is 10.9 Å². The zero-order valence-electron chi connectivity index (χ0n) is 9.66. The number of benzene rings is 1. The third-order valence-electron chi connectivity index (χ3n) is 3.03. The molecule has 1 aromatic rings. The molecule has 0 fully saturated rings. The van der Waals surface area contributed by atoms with Crippen LogP contribution in [0.2, 0.25) is 0 Å². The topological polar surface area (TPSA) is 67.8 Å². The Morgan fingerprint density at radius 1 is 1.53 bits per heavy atom. The van der Waals surface area contributed by atoms with Crippen molar-refractivity contribution in [2.75, 3.05) is 7.11 Å². The molecule has 0 saturated heterocycles. The number of nitrogens with zero attached hydrogens (tertiary/aromatic N) is 1. The highest BCUT2D eigenvalue weighted by Gasteiger charge is 2.22. The van der Waals surface area contributed by atoms with Gasteiger partial charge in [-0.15, -0.1) is 0 Å². The van der Waals surface area contributed by atoms with Gasteiger partial charge in [0.05, 0.1) is 10.2 Å². The molecule has 5 heteroatoms. The van der Waals surface area contributed by atoms with E-state index in [1.165, 1.54) is 0 Å². The second-order valence-electron chi connectivity index (χ2n) is 3.99. The predicted molar refractivity (Wildman–Crippen MR) is 70.2 cm³/mol. The van der Waals surface area contributed by atoms with Crippen LogP contribution in [0.3, 0.4) is 0 Å². The Labute approximate surface area is 109 Å². The lowest BCUT2D eigenvalue weighted by molar-refractivity contribution is 0.212. The van der Waals surface area contributed by atoms with E-state index in [-0.39, 0.29) is 5.75 Å². The second kappa shape index (κ2) is 5.06. The van der Waals surface area contributed by atoms with Gasteiger partial charge in [-0.1, -0.05) is 5.16 Å². The molecule has 17 heavy (non-hydrogen) atoms. The lowest BCUT2D eigenvalue weighted by Gasteiger charge is -2.21. The van der Waals surface area contributed by atoms with Gasteiger partial charge in [0.15, 0.2) is 0 Å². The lowest BCUT2D eigenvalue weighted by Crippen LogP contribution is -2.16. The first kappa shape index (κ1) is 12.4. The third-order valence-corrected chi connectivity index (χ3v) is 3.63. The van der Waals surface area contributed by atoms with E-state index in [9.17, 15) is 5.11 Å². The molecule has 1 aliphatic carbocycles. The highest BCUT2D eigenvalue weighted by molar-refractivity contribution is 9.10. The van der Waals surface area contributed by atoms with E-state index in [2.05, 4.69) is 21.1 Å². The number of oxime groups is 1. The minimum Gasteiger partial charge on any atom is -0.506 e. The van der Waals surface area contributed by atoms with Gasteiger partial charge in [-0.05, 0) is 46.8 Å². The molecule has 0 heterocycles. The molecule has 0 unspecified atom stereocenters. The van der Waals surface area contributed by atoms with Gasteiger partial charge in [0.1, 0.15) is 12.9 Å². The molecule has 0 spiro atoms. The van der Waals surface area contributed by atoms with Crippen molar-refractivity contribution in [3.63, 3.8) is 0 Å². The van der Waals surface area contributed by atoms with Gasteiger partial charge >= 0.3 is 0 Å². The standard InChI is InChI=1S/C12H15BrN2O2/c1-17-15-11-4-2-3-7-8(11)5-10(13)12(16)9(7)6-14/h5,16H,2-4,6,14H2,1H3. The SMILES string of the molecule is CON=C1CCCc2c1cc(Br)c(O)c2CN. The highest BCUT2D eigenvalue weighted by Crippen LogP contribution is 2.36. The van der Waals surface area contributed by atoms with Crippen LogP contribution in [0.4, 0.5) is 0 Å². The number of aromatic hydroxyl groups is 1. The zero-order valence-corrected chi connectivity index (χ0v) is 11.2. The molecule has 0 aliphatic heterocycles. The summed E-state index contributed by atoms with van der Waals surface area (Å²) in [5, 5.41) is 14.0. The maximum Gasteiger partial charge on any atom is 0.134 e. The summed E-state index contributed by atoms with van der Waals surface area (Å²) in [7, 11) is 1.54. The van der Waals surface area contributed by atoms with Crippen LogP contribution in [0.1, 0.15) is 29.5 Å². The molecular formula is C12H15BrN2O2. The number of hydrogen-bond acceptors (Lipinski definition) is 4. The Morgan fingerprint density at radius 3 is 2.94 bits per heavy atom. The molecular weight excluding hydrogens is 284 g/mol. The normalized spacial score (nSPS) is 17.0. The summed E-state index contributed by atoms with van der Waals surface area (Å²) in [6.45, 7) is 0.327. The fourth-order valence-corrected chi connectivity index (χ4v) is 2.74. The van der Waals surface area contributed by atoms with E-state index in [1.807, 2.05) is 6.07 Å². The van der Waals surface area contributed by atoms with Crippen molar-refractivity contribution in [1.82, 2.24) is 0 Å². The Hall–Kier alpha value is -1.07. The van der Waals surface area contributed by atoms with Gasteiger partial charge in [0.25, 0.3) is 0 Å². The van der Waals surface area contributed by atoms with Gasteiger partial charge in [0.2, 0.25) is 0 Å². The first-order chi connectivity index (χ1) is 8.19. The van der Waals surface area contributed by atoms with E-state index in [0.29, 0.717) is 11.0 Å². The molecule has 2 rings (SSSR count). The second-order valence-corrected chi connectivity index (χ2v) is 4.84. The number of rotatable bonds is 2. The first-order valence-corrected chi connectivity index (χ1v) is 6.32. The number of phenolic OH excluding ortho intramolecular Hbond substituents is 1. The number of halogens is 1. The molecule has 0 saturated carbocycles. The van der Waals surface area contributed by atoms with Crippen LogP contribution >= 0.6 is 15.9 Å². The predicted octanol–water partition coefficient (Wildman–Crippen LogP) is 2.30. The van der Waals surface area contributed by atoms with Crippen LogP contribution in [0, 0.1) is 0 Å². The Balaban J connectivity index is 2.63. The van der Waals surface area contributed by atoms with Crippen molar-refractivity contribution in [1.29, 1.82) is 0 Å². The molecule has 0 amide bonds. The summed E-state index contributed by atoms with van der Waals surface area (Å²) in [5.74, 6) is 0.241. The quantitative estimate of drug-likeness (QED) is 0.823. The summed E-state index contributed by atoms with van der Waals surface area (Å²) < 4.78 is 0.655. The molecule has 3 N–H and O–H groups in total. The fourth-order valence-electron chi connectivity index (χ4n) is 2.27. The van der Waals surface area contributed by atoms with Crippen molar-refractivity contribution < 1.29 is 9.94 Å². The summed E-state index contributed by atoms with van der Waals surface area (Å²) >= 11 is 3.34. The average molecular weight is 299 g/mol. The Bertz CT molecular complexity index is 472. The maximum atomic E-state index is 9.97. The number of hydrogen-bond donors (Lipinski definition) is 2. The van der Waals surface area contributed by atoms with Crippen LogP contribution in [0.5, 0.6) is 5.75 Å². The number of phenols is 1. The van der Waals surface area contributed by atoms with Crippen LogP contribution in [-0.2, 0) is 17.8 Å². The van der Waals surface area contributed by atoms with Crippen LogP contribution in [0.25, 0.3) is 0 Å². The first-order valence-electron chi connectivity index (χ1n) is 5.52. The molecule has 92 valence electrons. The maximum absolute atomic E-state index is 9.97. The van der Waals surface area contributed by atoms with Gasteiger partial charge < -0.3 is 15.7 Å². The van der Waals surface area contributed by atoms with Crippen molar-refractivity contribution >= 4 is 21.6 Å². The molecule has 1 aliphatic rings. The van der Waals surface area contributed by atoms with Gasteiger partial charge in [0, 0.05) is 17.7 Å². The molecule has 0 bridgehead atoms. The van der Waals surface area contributed by atoms with Gasteiger partial charge in [-0.2, -0.15) is 0 Å². The summed E-state index contributed by atoms with van der Waals surface area (Å²) in [6, 6.07) is 1.89. The Kier molecular flexibility index (Phi) is 3.69. The van der Waals surface area contributed by atoms with Gasteiger partial charge in [-0.25, -0.2) is 0 Å². The lowest BCUT2D eigenvalue weighted by atomic mass is 9.86. The number of nitrogens with two attached hydrogens (primary N) is 1. The summed E-state index contributed by atoms with van der Waals surface area (Å²) in [6.07, 6.45) is 2.82. The fraction of sp³-hybridized carbons (Fsp3) is 0.417. The monoisotopic (exact) mass is 298 g/mol. The van der Waals surface area contributed by atoms with Crippen molar-refractivity contribution in [3.8, 4) is 5.75 Å². The highest BCUT2D eigenvalue weighted by atomic mass is 79.9. The molecule has 0 atom stereocenters. The minimum atomic E-state index is 0.241. The number of fused-ring (bicyclic) bond motifs is 1. The Morgan fingerprint density at radius 2 is 2.29 bits per heavy atom. The average Bonchev–Trinajstić information content (AvgIpc) is 2.32. The van der Waals surface area contributed by atoms with E-state index in [4.69, 9.17) is 10.6 Å². The molecule has 0 aromatic heterocycles. The van der Waals surface area contributed by atoms with Crippen LogP contribution < -0.4 is 5.73 Å². The smallest absolute Gasteiger partial charge is 0.134 e. The summed E-state index contributed by atoms with van der Waals surface area (Å²) in [5.41, 5.74) is 9.56. The van der Waals surface area contributed by atoms with Gasteiger partial charge in [-0.3, -0.25) is 0 Å². The van der Waals surface area contributed by atoms with Crippen molar-refractivity contribution in [2.45, 2.75) is 25.8 Å². The van der Waals surface area contributed by atoms with E-state index < -0.39 is 0 Å².